The molecule has 11 nitrogen and oxygen atoms in total. The van der Waals surface area contributed by atoms with Crippen molar-refractivity contribution in [1.82, 2.24) is 5.43 Å². The van der Waals surface area contributed by atoms with E-state index in [4.69, 9.17) is 18.5 Å². The third-order valence-electron chi connectivity index (χ3n) is 4.07. The number of anilines is 1. The van der Waals surface area contributed by atoms with Gasteiger partial charge in [0.15, 0.2) is 5.66 Å². The maximum Gasteiger partial charge on any atom is 0.346 e. The smallest absolute Gasteiger partial charge is 0.346 e. The third kappa shape index (κ3) is 7.74. The standard InChI is InChI=1S/C20H30N3O8P/c1-6-29-19(25)17(32(27,30-7-2)31-8-3)16(18(24)28-5)14(4)22-23-20(26)21-15-12-10-9-11-13-15/h9-13,16-17H,6-8H2,1-5H3,(H2,21,23,26)/b22-14+. The summed E-state index contributed by atoms with van der Waals surface area (Å²) in [6, 6.07) is 7.91. The van der Waals surface area contributed by atoms with Crippen LogP contribution in [0.2, 0.25) is 0 Å². The van der Waals surface area contributed by atoms with Gasteiger partial charge < -0.3 is 23.8 Å². The van der Waals surface area contributed by atoms with Crippen LogP contribution in [0.4, 0.5) is 10.5 Å². The third-order valence-corrected chi connectivity index (χ3v) is 6.50. The molecule has 1 aromatic rings. The van der Waals surface area contributed by atoms with Crippen molar-refractivity contribution in [1.29, 1.82) is 0 Å². The highest BCUT2D eigenvalue weighted by Gasteiger charge is 2.52. The summed E-state index contributed by atoms with van der Waals surface area (Å²) in [5, 5.41) is 6.45. The normalized spacial score (nSPS) is 13.6. The molecule has 0 bridgehead atoms. The van der Waals surface area contributed by atoms with Gasteiger partial charge in [0.1, 0.15) is 5.92 Å². The number of para-hydroxylation sites is 1. The highest BCUT2D eigenvalue weighted by Crippen LogP contribution is 2.56. The van der Waals surface area contributed by atoms with Crippen molar-refractivity contribution in [2.45, 2.75) is 33.4 Å². The van der Waals surface area contributed by atoms with E-state index in [0.29, 0.717) is 5.69 Å². The number of hydrogen-bond donors (Lipinski definition) is 2. The zero-order chi connectivity index (χ0) is 24.1. The molecule has 0 aliphatic heterocycles. The Morgan fingerprint density at radius 2 is 1.59 bits per heavy atom. The number of hydrazone groups is 1. The van der Waals surface area contributed by atoms with E-state index in [1.165, 1.54) is 6.92 Å². The van der Waals surface area contributed by atoms with Crippen molar-refractivity contribution in [3.8, 4) is 0 Å². The van der Waals surface area contributed by atoms with E-state index in [-0.39, 0.29) is 25.5 Å². The van der Waals surface area contributed by atoms with Crippen LogP contribution in [0.15, 0.2) is 35.4 Å². The SMILES string of the molecule is CCOC(=O)C(C(C(=O)OC)/C(C)=N/NC(=O)Nc1ccccc1)P(=O)(OCC)OCC. The lowest BCUT2D eigenvalue weighted by Gasteiger charge is -2.29. The molecule has 178 valence electrons. The van der Waals surface area contributed by atoms with Crippen LogP contribution in [-0.2, 0) is 32.7 Å². The van der Waals surface area contributed by atoms with E-state index in [1.807, 2.05) is 0 Å². The Hall–Kier alpha value is -2.75. The number of nitrogens with zero attached hydrogens (tertiary/aromatic N) is 1. The summed E-state index contributed by atoms with van der Waals surface area (Å²) in [5.41, 5.74) is 1.02. The number of amides is 2. The molecular formula is C20H30N3O8P. The molecule has 0 heterocycles. The first kappa shape index (κ1) is 27.3. The molecule has 0 saturated carbocycles. The first-order valence-electron chi connectivity index (χ1n) is 10.0. The Morgan fingerprint density at radius 3 is 2.09 bits per heavy atom. The molecule has 32 heavy (non-hydrogen) atoms. The van der Waals surface area contributed by atoms with Gasteiger partial charge in [-0.3, -0.25) is 14.2 Å². The average Bonchev–Trinajstić information content (AvgIpc) is 2.76. The minimum absolute atomic E-state index is 0.0323. The molecule has 0 aliphatic rings. The van der Waals surface area contributed by atoms with Crippen LogP contribution in [0.5, 0.6) is 0 Å². The molecule has 2 amide bonds. The van der Waals surface area contributed by atoms with Crippen LogP contribution in [0.1, 0.15) is 27.7 Å². The number of nitrogens with one attached hydrogen (secondary N) is 2. The predicted octanol–water partition coefficient (Wildman–Crippen LogP) is 3.17. The quantitative estimate of drug-likeness (QED) is 0.205. The number of methoxy groups -OCH3 is 1. The molecule has 1 rings (SSSR count). The second-order valence-corrected chi connectivity index (χ2v) is 8.41. The Kier molecular flexibility index (Phi) is 11.6. The van der Waals surface area contributed by atoms with Crippen LogP contribution in [0.3, 0.4) is 0 Å². The van der Waals surface area contributed by atoms with Crippen molar-refractivity contribution < 1.29 is 37.5 Å². The molecule has 0 aromatic heterocycles. The van der Waals surface area contributed by atoms with Gasteiger partial charge in [-0.1, -0.05) is 18.2 Å². The van der Waals surface area contributed by atoms with E-state index < -0.39 is 37.1 Å². The molecule has 2 unspecified atom stereocenters. The zero-order valence-corrected chi connectivity index (χ0v) is 19.7. The Morgan fingerprint density at radius 1 is 1.00 bits per heavy atom. The second kappa shape index (κ2) is 13.6. The van der Waals surface area contributed by atoms with E-state index in [1.54, 1.807) is 51.1 Å². The summed E-state index contributed by atoms with van der Waals surface area (Å²) in [5.74, 6) is -3.40. The maximum absolute atomic E-state index is 13.5. The Labute approximate surface area is 187 Å². The summed E-state index contributed by atoms with van der Waals surface area (Å²) < 4.78 is 33.9. The van der Waals surface area contributed by atoms with Crippen LogP contribution >= 0.6 is 7.60 Å². The summed E-state index contributed by atoms with van der Waals surface area (Å²) >= 11 is 0. The number of urea groups is 1. The molecule has 1 aromatic carbocycles. The largest absolute Gasteiger partial charge is 0.468 e. The molecule has 2 N–H and O–H groups in total. The topological polar surface area (TPSA) is 142 Å². The summed E-state index contributed by atoms with van der Waals surface area (Å²) in [4.78, 5) is 37.5. The van der Waals surface area contributed by atoms with E-state index in [2.05, 4.69) is 15.8 Å². The number of benzene rings is 1. The van der Waals surface area contributed by atoms with Gasteiger partial charge in [-0.2, -0.15) is 5.10 Å². The maximum atomic E-state index is 13.5. The fourth-order valence-electron chi connectivity index (χ4n) is 2.78. The van der Waals surface area contributed by atoms with Gasteiger partial charge in [0, 0.05) is 5.69 Å². The number of hydrogen-bond acceptors (Lipinski definition) is 9. The van der Waals surface area contributed by atoms with Crippen LogP contribution in [-0.4, -0.2) is 56.3 Å². The minimum Gasteiger partial charge on any atom is -0.468 e. The second-order valence-electron chi connectivity index (χ2n) is 6.26. The fourth-order valence-corrected chi connectivity index (χ4v) is 4.93. The first-order valence-corrected chi connectivity index (χ1v) is 11.6. The summed E-state index contributed by atoms with van der Waals surface area (Å²) in [6.07, 6.45) is 0. The van der Waals surface area contributed by atoms with E-state index in [9.17, 15) is 18.9 Å². The minimum atomic E-state index is -4.18. The van der Waals surface area contributed by atoms with Gasteiger partial charge in [-0.05, 0) is 39.8 Å². The Balaban J connectivity index is 3.29. The van der Waals surface area contributed by atoms with Crippen LogP contribution in [0, 0.1) is 5.92 Å². The Bertz CT molecular complexity index is 837. The van der Waals surface area contributed by atoms with Gasteiger partial charge in [-0.15, -0.1) is 0 Å². The zero-order valence-electron chi connectivity index (χ0n) is 18.8. The van der Waals surface area contributed by atoms with Crippen molar-refractivity contribution in [3.63, 3.8) is 0 Å². The predicted molar refractivity (Wildman–Crippen MR) is 118 cm³/mol. The summed E-state index contributed by atoms with van der Waals surface area (Å²) in [6.45, 7) is 5.94. The summed E-state index contributed by atoms with van der Waals surface area (Å²) in [7, 11) is -3.08. The first-order chi connectivity index (χ1) is 15.2. The number of esters is 2. The number of rotatable bonds is 12. The fraction of sp³-hybridized carbons (Fsp3) is 0.500. The molecule has 2 atom stereocenters. The monoisotopic (exact) mass is 471 g/mol. The van der Waals surface area contributed by atoms with Crippen LogP contribution < -0.4 is 10.7 Å². The van der Waals surface area contributed by atoms with Crippen molar-refractivity contribution in [2.75, 3.05) is 32.2 Å². The van der Waals surface area contributed by atoms with Crippen molar-refractivity contribution in [3.05, 3.63) is 30.3 Å². The van der Waals surface area contributed by atoms with Gasteiger partial charge in [0.25, 0.3) is 0 Å². The molecule has 0 fully saturated rings. The molecule has 0 saturated heterocycles. The van der Waals surface area contributed by atoms with E-state index in [0.717, 1.165) is 7.11 Å². The number of ether oxygens (including phenoxy) is 2. The van der Waals surface area contributed by atoms with Crippen molar-refractivity contribution >= 4 is 37.0 Å². The molecular weight excluding hydrogens is 441 g/mol. The highest BCUT2D eigenvalue weighted by atomic mass is 31.2. The lowest BCUT2D eigenvalue weighted by atomic mass is 10.00. The van der Waals surface area contributed by atoms with E-state index >= 15 is 0 Å². The lowest BCUT2D eigenvalue weighted by Crippen LogP contribution is -2.42. The van der Waals surface area contributed by atoms with Gasteiger partial charge >= 0.3 is 25.6 Å². The van der Waals surface area contributed by atoms with Crippen molar-refractivity contribution in [2.24, 2.45) is 11.0 Å². The number of carbonyl (C=O) groups excluding carboxylic acids is 3. The molecule has 0 aliphatic carbocycles. The molecule has 0 spiro atoms. The highest BCUT2D eigenvalue weighted by molar-refractivity contribution is 7.55. The number of carbonyl (C=O) groups is 3. The van der Waals surface area contributed by atoms with Crippen LogP contribution in [0.25, 0.3) is 0 Å². The van der Waals surface area contributed by atoms with Gasteiger partial charge in [0.05, 0.1) is 32.6 Å². The van der Waals surface area contributed by atoms with Gasteiger partial charge in [0.2, 0.25) is 0 Å². The molecule has 12 heteroatoms. The average molecular weight is 471 g/mol. The van der Waals surface area contributed by atoms with Gasteiger partial charge in [-0.25, -0.2) is 10.2 Å². The molecule has 0 radical (unpaired) electrons. The lowest BCUT2D eigenvalue weighted by molar-refractivity contribution is -0.151.